The number of rotatable bonds is 4. The molecule has 0 amide bonds. The van der Waals surface area contributed by atoms with Crippen LogP contribution in [0.1, 0.15) is 21.5 Å². The van der Waals surface area contributed by atoms with E-state index in [4.69, 9.17) is 9.47 Å². The summed E-state index contributed by atoms with van der Waals surface area (Å²) in [4.78, 5) is 12.7. The number of hydrogen-bond acceptors (Lipinski definition) is 3. The highest BCUT2D eigenvalue weighted by atomic mass is 79.9. The van der Waals surface area contributed by atoms with E-state index >= 15 is 0 Å². The summed E-state index contributed by atoms with van der Waals surface area (Å²) in [6.45, 7) is 1.88. The third kappa shape index (κ3) is 3.08. The van der Waals surface area contributed by atoms with Crippen molar-refractivity contribution < 1.29 is 18.7 Å². The molecule has 0 atom stereocenters. The Labute approximate surface area is 130 Å². The molecule has 0 aliphatic rings. The summed E-state index contributed by atoms with van der Waals surface area (Å²) >= 11 is 3.09. The van der Waals surface area contributed by atoms with Crippen molar-refractivity contribution in [1.29, 1.82) is 0 Å². The lowest BCUT2D eigenvalue weighted by molar-refractivity contribution is 0.103. The van der Waals surface area contributed by atoms with E-state index < -0.39 is 5.82 Å². The fourth-order valence-electron chi connectivity index (χ4n) is 2.02. The van der Waals surface area contributed by atoms with Gasteiger partial charge in [-0.15, -0.1) is 0 Å². The van der Waals surface area contributed by atoms with Gasteiger partial charge >= 0.3 is 0 Å². The van der Waals surface area contributed by atoms with Crippen molar-refractivity contribution in [3.05, 3.63) is 57.3 Å². The van der Waals surface area contributed by atoms with Gasteiger partial charge in [-0.05, 0) is 41.1 Å². The Hall–Kier alpha value is -1.88. The lowest BCUT2D eigenvalue weighted by atomic mass is 9.99. The quantitative estimate of drug-likeness (QED) is 0.775. The Morgan fingerprint density at radius 2 is 1.67 bits per heavy atom. The fraction of sp³-hybridized carbons (Fsp3) is 0.188. The number of benzene rings is 2. The van der Waals surface area contributed by atoms with Crippen LogP contribution in [0.25, 0.3) is 0 Å². The van der Waals surface area contributed by atoms with Crippen molar-refractivity contribution in [1.82, 2.24) is 0 Å². The van der Waals surface area contributed by atoms with Gasteiger partial charge in [-0.1, -0.05) is 11.6 Å². The van der Waals surface area contributed by atoms with Crippen LogP contribution >= 0.6 is 15.9 Å². The van der Waals surface area contributed by atoms with Crippen molar-refractivity contribution >= 4 is 21.7 Å². The molecule has 0 saturated heterocycles. The Morgan fingerprint density at radius 3 is 2.29 bits per heavy atom. The SMILES string of the molecule is COc1ccc(C)cc1C(=O)c1cc(Br)c(F)cc1OC. The average molecular weight is 353 g/mol. The zero-order valence-electron chi connectivity index (χ0n) is 11.9. The number of ketones is 1. The molecule has 0 unspecified atom stereocenters. The molecule has 2 rings (SSSR count). The van der Waals surface area contributed by atoms with Crippen LogP contribution in [-0.2, 0) is 0 Å². The van der Waals surface area contributed by atoms with Crippen LogP contribution in [0.5, 0.6) is 11.5 Å². The normalized spacial score (nSPS) is 10.3. The summed E-state index contributed by atoms with van der Waals surface area (Å²) in [5.41, 5.74) is 1.61. The van der Waals surface area contributed by atoms with Crippen LogP contribution in [0.2, 0.25) is 0 Å². The van der Waals surface area contributed by atoms with E-state index in [1.165, 1.54) is 26.4 Å². The molecule has 0 aliphatic heterocycles. The Morgan fingerprint density at radius 1 is 1.05 bits per heavy atom. The maximum Gasteiger partial charge on any atom is 0.200 e. The molecule has 21 heavy (non-hydrogen) atoms. The number of carbonyl (C=O) groups is 1. The summed E-state index contributed by atoms with van der Waals surface area (Å²) in [6.07, 6.45) is 0. The smallest absolute Gasteiger partial charge is 0.200 e. The predicted molar refractivity (Wildman–Crippen MR) is 81.8 cm³/mol. The van der Waals surface area contributed by atoms with E-state index in [2.05, 4.69) is 15.9 Å². The standard InChI is InChI=1S/C16H14BrFO3/c1-9-4-5-14(20-2)10(6-9)16(19)11-7-12(17)13(18)8-15(11)21-3/h4-8H,1-3H3. The molecular formula is C16H14BrFO3. The number of carbonyl (C=O) groups excluding carboxylic acids is 1. The van der Waals surface area contributed by atoms with Gasteiger partial charge in [0.15, 0.2) is 0 Å². The van der Waals surface area contributed by atoms with Crippen molar-refractivity contribution in [2.45, 2.75) is 6.92 Å². The van der Waals surface area contributed by atoms with Gasteiger partial charge in [0.2, 0.25) is 5.78 Å². The summed E-state index contributed by atoms with van der Waals surface area (Å²) < 4.78 is 24.1. The zero-order valence-corrected chi connectivity index (χ0v) is 13.5. The van der Waals surface area contributed by atoms with E-state index in [0.717, 1.165) is 5.56 Å². The van der Waals surface area contributed by atoms with Gasteiger partial charge < -0.3 is 9.47 Å². The van der Waals surface area contributed by atoms with Gasteiger partial charge in [0.25, 0.3) is 0 Å². The minimum Gasteiger partial charge on any atom is -0.496 e. The second kappa shape index (κ2) is 6.26. The van der Waals surface area contributed by atoms with Gasteiger partial charge in [0, 0.05) is 6.07 Å². The molecule has 5 heteroatoms. The zero-order chi connectivity index (χ0) is 15.6. The molecule has 0 spiro atoms. The molecule has 0 bridgehead atoms. The van der Waals surface area contributed by atoms with Gasteiger partial charge in [-0.25, -0.2) is 4.39 Å². The van der Waals surface area contributed by atoms with E-state index in [9.17, 15) is 9.18 Å². The van der Waals surface area contributed by atoms with Gasteiger partial charge in [-0.3, -0.25) is 4.79 Å². The molecule has 0 radical (unpaired) electrons. The van der Waals surface area contributed by atoms with Crippen molar-refractivity contribution in [3.63, 3.8) is 0 Å². The van der Waals surface area contributed by atoms with Crippen LogP contribution in [-0.4, -0.2) is 20.0 Å². The van der Waals surface area contributed by atoms with E-state index in [0.29, 0.717) is 11.3 Å². The lowest BCUT2D eigenvalue weighted by Gasteiger charge is -2.12. The first-order valence-corrected chi connectivity index (χ1v) is 6.99. The highest BCUT2D eigenvalue weighted by Crippen LogP contribution is 2.31. The molecule has 2 aromatic carbocycles. The number of ether oxygens (including phenoxy) is 2. The number of methoxy groups -OCH3 is 2. The number of halogens is 2. The molecule has 3 nitrogen and oxygen atoms in total. The van der Waals surface area contributed by atoms with Gasteiger partial charge in [0.1, 0.15) is 17.3 Å². The van der Waals surface area contributed by atoms with Crippen molar-refractivity contribution in [3.8, 4) is 11.5 Å². The van der Waals surface area contributed by atoms with Crippen LogP contribution in [0.3, 0.4) is 0 Å². The van der Waals surface area contributed by atoms with Gasteiger partial charge in [0.05, 0.1) is 29.8 Å². The molecule has 0 N–H and O–H groups in total. The Kier molecular flexibility index (Phi) is 4.63. The summed E-state index contributed by atoms with van der Waals surface area (Å²) in [5.74, 6) is -0.120. The van der Waals surface area contributed by atoms with Crippen LogP contribution in [0, 0.1) is 12.7 Å². The van der Waals surface area contributed by atoms with Crippen molar-refractivity contribution in [2.24, 2.45) is 0 Å². The number of hydrogen-bond donors (Lipinski definition) is 0. The first kappa shape index (κ1) is 15.5. The van der Waals surface area contributed by atoms with Crippen LogP contribution in [0.4, 0.5) is 4.39 Å². The van der Waals surface area contributed by atoms with E-state index in [1.54, 1.807) is 12.1 Å². The summed E-state index contributed by atoms with van der Waals surface area (Å²) in [7, 11) is 2.90. The van der Waals surface area contributed by atoms with Gasteiger partial charge in [-0.2, -0.15) is 0 Å². The van der Waals surface area contributed by atoms with Crippen LogP contribution < -0.4 is 9.47 Å². The highest BCUT2D eigenvalue weighted by molar-refractivity contribution is 9.10. The minimum absolute atomic E-state index is 0.184. The first-order valence-electron chi connectivity index (χ1n) is 6.20. The highest BCUT2D eigenvalue weighted by Gasteiger charge is 2.20. The fourth-order valence-corrected chi connectivity index (χ4v) is 2.36. The first-order chi connectivity index (χ1) is 9.97. The molecule has 110 valence electrons. The maximum atomic E-state index is 13.6. The second-order valence-corrected chi connectivity index (χ2v) is 5.35. The minimum atomic E-state index is -0.486. The molecule has 0 fully saturated rings. The monoisotopic (exact) mass is 352 g/mol. The Balaban J connectivity index is 2.59. The summed E-state index contributed by atoms with van der Waals surface area (Å²) in [6, 6.07) is 7.91. The third-order valence-electron chi connectivity index (χ3n) is 3.09. The summed E-state index contributed by atoms with van der Waals surface area (Å²) in [5, 5.41) is 0. The Bertz CT molecular complexity index is 698. The third-order valence-corrected chi connectivity index (χ3v) is 3.69. The topological polar surface area (TPSA) is 35.5 Å². The lowest BCUT2D eigenvalue weighted by Crippen LogP contribution is -2.07. The second-order valence-electron chi connectivity index (χ2n) is 4.50. The molecule has 0 aliphatic carbocycles. The molecular weight excluding hydrogens is 339 g/mol. The molecule has 0 heterocycles. The van der Waals surface area contributed by atoms with E-state index in [1.807, 2.05) is 13.0 Å². The van der Waals surface area contributed by atoms with Crippen molar-refractivity contribution in [2.75, 3.05) is 14.2 Å². The molecule has 0 saturated carbocycles. The molecule has 2 aromatic rings. The van der Waals surface area contributed by atoms with E-state index in [-0.39, 0.29) is 21.6 Å². The largest absolute Gasteiger partial charge is 0.496 e. The maximum absolute atomic E-state index is 13.6. The van der Waals surface area contributed by atoms with Crippen LogP contribution in [0.15, 0.2) is 34.8 Å². The predicted octanol–water partition coefficient (Wildman–Crippen LogP) is 4.14. The molecule has 0 aromatic heterocycles. The average Bonchev–Trinajstić information content (AvgIpc) is 2.48. The number of aryl methyl sites for hydroxylation is 1.